The molecule has 1 aromatic carbocycles. The number of hydrogen-bond acceptors (Lipinski definition) is 6. The normalized spacial score (nSPS) is 10.3. The van der Waals surface area contributed by atoms with E-state index < -0.39 is 0 Å². The lowest BCUT2D eigenvalue weighted by atomic mass is 10.2. The van der Waals surface area contributed by atoms with Gasteiger partial charge in [-0.1, -0.05) is 0 Å². The number of aromatic nitrogens is 2. The van der Waals surface area contributed by atoms with Crippen LogP contribution in [0.15, 0.2) is 30.3 Å². The number of ether oxygens (including phenoxy) is 2. The Kier molecular flexibility index (Phi) is 4.86. The van der Waals surface area contributed by atoms with Crippen LogP contribution in [-0.2, 0) is 11.3 Å². The van der Waals surface area contributed by atoms with Gasteiger partial charge in [-0.15, -0.1) is 0 Å². The molecule has 6 nitrogen and oxygen atoms in total. The maximum absolute atomic E-state index is 5.42. The number of nitrogens with one attached hydrogen (secondary N) is 1. The molecule has 2 aromatic rings. The van der Waals surface area contributed by atoms with Crippen molar-refractivity contribution in [2.24, 2.45) is 5.84 Å². The van der Waals surface area contributed by atoms with Crippen LogP contribution in [0.25, 0.3) is 11.4 Å². The maximum Gasteiger partial charge on any atom is 0.161 e. The van der Waals surface area contributed by atoms with E-state index in [9.17, 15) is 0 Å². The topological polar surface area (TPSA) is 82.3 Å². The van der Waals surface area contributed by atoms with Crippen LogP contribution in [0.4, 0.5) is 5.82 Å². The van der Waals surface area contributed by atoms with Crippen LogP contribution in [0.2, 0.25) is 0 Å². The smallest absolute Gasteiger partial charge is 0.161 e. The van der Waals surface area contributed by atoms with Crippen LogP contribution in [0.5, 0.6) is 5.75 Å². The van der Waals surface area contributed by atoms with Crippen LogP contribution in [0, 0.1) is 0 Å². The fourth-order valence-electron chi connectivity index (χ4n) is 1.79. The third-order valence-corrected chi connectivity index (χ3v) is 2.64. The number of nitrogens with two attached hydrogens (primary N) is 1. The quantitative estimate of drug-likeness (QED) is 0.619. The molecule has 20 heavy (non-hydrogen) atoms. The lowest BCUT2D eigenvalue weighted by Gasteiger charge is -2.08. The second-order valence-corrected chi connectivity index (χ2v) is 4.10. The Morgan fingerprint density at radius 2 is 1.95 bits per heavy atom. The van der Waals surface area contributed by atoms with Crippen molar-refractivity contribution < 1.29 is 9.47 Å². The highest BCUT2D eigenvalue weighted by Crippen LogP contribution is 2.21. The molecule has 6 heteroatoms. The molecule has 0 fully saturated rings. The summed E-state index contributed by atoms with van der Waals surface area (Å²) in [5.74, 6) is 7.39. The number of nitrogens with zero attached hydrogens (tertiary/aromatic N) is 2. The number of hydrazine groups is 1. The first-order chi connectivity index (χ1) is 9.76. The second kappa shape index (κ2) is 6.83. The van der Waals surface area contributed by atoms with Gasteiger partial charge in [0.05, 0.1) is 18.9 Å². The molecule has 0 aliphatic rings. The maximum atomic E-state index is 5.42. The third-order valence-electron chi connectivity index (χ3n) is 2.64. The summed E-state index contributed by atoms with van der Waals surface area (Å²) in [6, 6.07) is 9.36. The van der Waals surface area contributed by atoms with E-state index in [1.807, 2.05) is 31.2 Å². The minimum Gasteiger partial charge on any atom is -0.494 e. The molecule has 2 rings (SSSR count). The summed E-state index contributed by atoms with van der Waals surface area (Å²) in [7, 11) is 1.62. The molecular weight excluding hydrogens is 256 g/mol. The number of nitrogen functional groups attached to an aromatic ring is 1. The zero-order valence-corrected chi connectivity index (χ0v) is 11.6. The molecule has 0 atom stereocenters. The largest absolute Gasteiger partial charge is 0.494 e. The van der Waals surface area contributed by atoms with Crippen LogP contribution in [0.1, 0.15) is 12.6 Å². The van der Waals surface area contributed by atoms with Crippen LogP contribution < -0.4 is 16.0 Å². The van der Waals surface area contributed by atoms with Crippen molar-refractivity contribution >= 4 is 5.82 Å². The number of methoxy groups -OCH3 is 1. The summed E-state index contributed by atoms with van der Waals surface area (Å²) in [6.07, 6.45) is 0. The van der Waals surface area contributed by atoms with Gasteiger partial charge in [0, 0.05) is 18.7 Å². The molecule has 0 radical (unpaired) electrons. The minimum atomic E-state index is 0.404. The van der Waals surface area contributed by atoms with Crippen molar-refractivity contribution in [3.63, 3.8) is 0 Å². The van der Waals surface area contributed by atoms with Crippen molar-refractivity contribution in [2.75, 3.05) is 19.1 Å². The highest BCUT2D eigenvalue weighted by atomic mass is 16.5. The lowest BCUT2D eigenvalue weighted by molar-refractivity contribution is 0.181. The molecule has 0 bridgehead atoms. The summed E-state index contributed by atoms with van der Waals surface area (Å²) in [5.41, 5.74) is 4.19. The Hall–Kier alpha value is -2.18. The number of anilines is 1. The average molecular weight is 274 g/mol. The van der Waals surface area contributed by atoms with Crippen molar-refractivity contribution in [3.05, 3.63) is 36.0 Å². The first-order valence-corrected chi connectivity index (χ1v) is 6.33. The van der Waals surface area contributed by atoms with Gasteiger partial charge in [0.15, 0.2) is 5.82 Å². The zero-order chi connectivity index (χ0) is 14.4. The number of hydrogen-bond donors (Lipinski definition) is 2. The van der Waals surface area contributed by atoms with E-state index in [-0.39, 0.29) is 0 Å². The summed E-state index contributed by atoms with van der Waals surface area (Å²) in [5, 5.41) is 0. The van der Waals surface area contributed by atoms with E-state index in [1.165, 1.54) is 0 Å². The molecule has 0 unspecified atom stereocenters. The molecule has 106 valence electrons. The fraction of sp³-hybridized carbons (Fsp3) is 0.286. The van der Waals surface area contributed by atoms with Crippen LogP contribution in [0.3, 0.4) is 0 Å². The van der Waals surface area contributed by atoms with Gasteiger partial charge in [-0.05, 0) is 31.2 Å². The average Bonchev–Trinajstić information content (AvgIpc) is 2.48. The van der Waals surface area contributed by atoms with Gasteiger partial charge < -0.3 is 14.9 Å². The molecule has 0 saturated carbocycles. The Morgan fingerprint density at radius 1 is 1.20 bits per heavy atom. The highest BCUT2D eigenvalue weighted by Gasteiger charge is 2.07. The second-order valence-electron chi connectivity index (χ2n) is 4.10. The molecule has 0 saturated heterocycles. The molecule has 3 N–H and O–H groups in total. The van der Waals surface area contributed by atoms with Gasteiger partial charge >= 0.3 is 0 Å². The summed E-state index contributed by atoms with van der Waals surface area (Å²) in [6.45, 7) is 2.99. The molecule has 1 heterocycles. The number of rotatable bonds is 6. The van der Waals surface area contributed by atoms with Crippen LogP contribution >= 0.6 is 0 Å². The molecular formula is C14H18N4O2. The van der Waals surface area contributed by atoms with Gasteiger partial charge in [0.2, 0.25) is 0 Å². The van der Waals surface area contributed by atoms with Gasteiger partial charge in [-0.25, -0.2) is 15.8 Å². The standard InChI is InChI=1S/C14H18N4O2/c1-3-20-12-6-4-10(5-7-12)14-16-11(9-19-2)8-13(17-14)18-15/h4-8H,3,9,15H2,1-2H3,(H,16,17,18). The molecule has 1 aromatic heterocycles. The van der Waals surface area contributed by atoms with Gasteiger partial charge in [0.25, 0.3) is 0 Å². The van der Waals surface area contributed by atoms with E-state index in [0.29, 0.717) is 24.9 Å². The molecule has 0 spiro atoms. The Bertz CT molecular complexity index is 558. The Morgan fingerprint density at radius 3 is 2.55 bits per heavy atom. The Balaban J connectivity index is 2.32. The van der Waals surface area contributed by atoms with E-state index in [1.54, 1.807) is 13.2 Å². The van der Waals surface area contributed by atoms with E-state index in [2.05, 4.69) is 15.4 Å². The highest BCUT2D eigenvalue weighted by molar-refractivity contribution is 5.58. The summed E-state index contributed by atoms with van der Waals surface area (Å²) in [4.78, 5) is 8.78. The van der Waals surface area contributed by atoms with E-state index >= 15 is 0 Å². The molecule has 0 aliphatic carbocycles. The first kappa shape index (κ1) is 14.2. The van der Waals surface area contributed by atoms with Crippen molar-refractivity contribution in [2.45, 2.75) is 13.5 Å². The predicted molar refractivity (Wildman–Crippen MR) is 77.2 cm³/mol. The van der Waals surface area contributed by atoms with Crippen molar-refractivity contribution in [3.8, 4) is 17.1 Å². The number of benzene rings is 1. The van der Waals surface area contributed by atoms with Crippen molar-refractivity contribution in [1.82, 2.24) is 9.97 Å². The first-order valence-electron chi connectivity index (χ1n) is 6.33. The third kappa shape index (κ3) is 3.43. The van der Waals surface area contributed by atoms with Crippen molar-refractivity contribution in [1.29, 1.82) is 0 Å². The van der Waals surface area contributed by atoms with Gasteiger partial charge in [-0.2, -0.15) is 0 Å². The zero-order valence-electron chi connectivity index (χ0n) is 11.6. The van der Waals surface area contributed by atoms with E-state index in [4.69, 9.17) is 15.3 Å². The molecule has 0 amide bonds. The monoisotopic (exact) mass is 274 g/mol. The SMILES string of the molecule is CCOc1ccc(-c2nc(COC)cc(NN)n2)cc1. The van der Waals surface area contributed by atoms with Crippen LogP contribution in [-0.4, -0.2) is 23.7 Å². The predicted octanol–water partition coefficient (Wildman–Crippen LogP) is 1.97. The lowest BCUT2D eigenvalue weighted by Crippen LogP contribution is -2.10. The summed E-state index contributed by atoms with van der Waals surface area (Å²) >= 11 is 0. The molecule has 0 aliphatic heterocycles. The van der Waals surface area contributed by atoms with Gasteiger partial charge in [-0.3, -0.25) is 0 Å². The van der Waals surface area contributed by atoms with E-state index in [0.717, 1.165) is 17.0 Å². The van der Waals surface area contributed by atoms with Gasteiger partial charge in [0.1, 0.15) is 11.6 Å². The minimum absolute atomic E-state index is 0.404. The Labute approximate surface area is 117 Å². The fourth-order valence-corrected chi connectivity index (χ4v) is 1.79. The summed E-state index contributed by atoms with van der Waals surface area (Å²) < 4.78 is 10.5.